The molecule has 0 aliphatic heterocycles. The van der Waals surface area contributed by atoms with E-state index in [1.54, 1.807) is 6.07 Å². The lowest BCUT2D eigenvalue weighted by Crippen LogP contribution is -2.11. The Hall–Kier alpha value is -2.82. The molecule has 1 aromatic heterocycles. The lowest BCUT2D eigenvalue weighted by molar-refractivity contribution is 0.0998. The Morgan fingerprint density at radius 2 is 2.00 bits per heavy atom. The number of benzene rings is 2. The Bertz CT molecular complexity index is 744. The highest BCUT2D eigenvalue weighted by molar-refractivity contribution is 5.96. The predicted octanol–water partition coefficient (Wildman–Crippen LogP) is 2.03. The summed E-state index contributed by atoms with van der Waals surface area (Å²) < 4.78 is 0. The number of hydrogen-bond acceptors (Lipinski definition) is 3. The zero-order chi connectivity index (χ0) is 13.4. The Balaban J connectivity index is 2.16. The number of aromatic amines is 1. The highest BCUT2D eigenvalue weighted by Crippen LogP contribution is 2.25. The number of phenols is 1. The van der Waals surface area contributed by atoms with Crippen LogP contribution in [0.5, 0.6) is 5.75 Å². The number of H-pyrrole nitrogens is 1. The Labute approximate surface area is 108 Å². The van der Waals surface area contributed by atoms with Gasteiger partial charge in [0.1, 0.15) is 11.6 Å². The first-order valence-electron chi connectivity index (χ1n) is 5.73. The molecule has 3 aromatic rings. The molecule has 5 nitrogen and oxygen atoms in total. The number of carbonyl (C=O) groups excluding carboxylic acids is 1. The number of primary amides is 1. The van der Waals surface area contributed by atoms with E-state index in [1.807, 2.05) is 24.3 Å². The van der Waals surface area contributed by atoms with Gasteiger partial charge in [-0.2, -0.15) is 0 Å². The molecular formula is C14H11N3O2. The van der Waals surface area contributed by atoms with E-state index in [0.717, 1.165) is 11.0 Å². The molecule has 0 atom stereocenters. The fraction of sp³-hybridized carbons (Fsp3) is 0. The van der Waals surface area contributed by atoms with E-state index >= 15 is 0 Å². The summed E-state index contributed by atoms with van der Waals surface area (Å²) in [6.07, 6.45) is 0. The molecule has 0 fully saturated rings. The van der Waals surface area contributed by atoms with Crippen LogP contribution in [-0.4, -0.2) is 21.0 Å². The van der Waals surface area contributed by atoms with Crippen LogP contribution >= 0.6 is 0 Å². The second-order valence-corrected chi connectivity index (χ2v) is 4.20. The number of amides is 1. The number of aromatic nitrogens is 2. The zero-order valence-electron chi connectivity index (χ0n) is 9.92. The average Bonchev–Trinajstić information content (AvgIpc) is 2.82. The number of imidazole rings is 1. The standard InChI is InChI=1S/C14H11N3O2/c15-13(19)9-7-8(5-6-12(9)18)14-16-10-3-1-2-4-11(10)17-14/h1-7,18H,(H2,15,19)(H,16,17). The number of nitrogens with two attached hydrogens (primary N) is 1. The number of nitrogens with one attached hydrogen (secondary N) is 1. The smallest absolute Gasteiger partial charge is 0.252 e. The third kappa shape index (κ3) is 1.91. The van der Waals surface area contributed by atoms with Crippen molar-refractivity contribution in [2.75, 3.05) is 0 Å². The van der Waals surface area contributed by atoms with Gasteiger partial charge in [0.15, 0.2) is 0 Å². The summed E-state index contributed by atoms with van der Waals surface area (Å²) in [7, 11) is 0. The van der Waals surface area contributed by atoms with Crippen LogP contribution in [0.15, 0.2) is 42.5 Å². The van der Waals surface area contributed by atoms with Crippen LogP contribution in [0.4, 0.5) is 0 Å². The van der Waals surface area contributed by atoms with Gasteiger partial charge >= 0.3 is 0 Å². The van der Waals surface area contributed by atoms with Crippen LogP contribution in [0, 0.1) is 0 Å². The fourth-order valence-electron chi connectivity index (χ4n) is 1.97. The number of para-hydroxylation sites is 2. The molecule has 94 valence electrons. The van der Waals surface area contributed by atoms with E-state index in [-0.39, 0.29) is 11.3 Å². The molecular weight excluding hydrogens is 242 g/mol. The second kappa shape index (κ2) is 4.13. The molecule has 3 rings (SSSR count). The lowest BCUT2D eigenvalue weighted by atomic mass is 10.1. The molecule has 0 spiro atoms. The van der Waals surface area contributed by atoms with Crippen molar-refractivity contribution in [1.82, 2.24) is 9.97 Å². The Morgan fingerprint density at radius 3 is 2.74 bits per heavy atom. The van der Waals surface area contributed by atoms with Crippen LogP contribution in [0.3, 0.4) is 0 Å². The molecule has 2 aromatic carbocycles. The van der Waals surface area contributed by atoms with E-state index in [2.05, 4.69) is 9.97 Å². The van der Waals surface area contributed by atoms with Gasteiger partial charge in [0, 0.05) is 5.56 Å². The van der Waals surface area contributed by atoms with Crippen LogP contribution in [-0.2, 0) is 0 Å². The zero-order valence-corrected chi connectivity index (χ0v) is 9.92. The van der Waals surface area contributed by atoms with Gasteiger partial charge in [-0.15, -0.1) is 0 Å². The average molecular weight is 253 g/mol. The highest BCUT2D eigenvalue weighted by Gasteiger charge is 2.11. The second-order valence-electron chi connectivity index (χ2n) is 4.20. The predicted molar refractivity (Wildman–Crippen MR) is 71.7 cm³/mol. The van der Waals surface area contributed by atoms with Crippen molar-refractivity contribution < 1.29 is 9.90 Å². The third-order valence-corrected chi connectivity index (χ3v) is 2.92. The lowest BCUT2D eigenvalue weighted by Gasteiger charge is -2.02. The molecule has 0 unspecified atom stereocenters. The number of aromatic hydroxyl groups is 1. The molecule has 1 heterocycles. The maximum absolute atomic E-state index is 11.2. The maximum Gasteiger partial charge on any atom is 0.252 e. The van der Waals surface area contributed by atoms with Gasteiger partial charge in [-0.1, -0.05) is 12.1 Å². The number of hydrogen-bond donors (Lipinski definition) is 3. The quantitative estimate of drug-likeness (QED) is 0.652. The van der Waals surface area contributed by atoms with Crippen molar-refractivity contribution >= 4 is 16.9 Å². The molecule has 0 aliphatic carbocycles. The normalized spacial score (nSPS) is 10.7. The van der Waals surface area contributed by atoms with Crippen molar-refractivity contribution in [2.45, 2.75) is 0 Å². The van der Waals surface area contributed by atoms with Crippen molar-refractivity contribution in [3.8, 4) is 17.1 Å². The molecule has 0 aliphatic rings. The van der Waals surface area contributed by atoms with E-state index < -0.39 is 5.91 Å². The molecule has 1 amide bonds. The number of fused-ring (bicyclic) bond motifs is 1. The van der Waals surface area contributed by atoms with Crippen LogP contribution in [0.2, 0.25) is 0 Å². The molecule has 0 radical (unpaired) electrons. The van der Waals surface area contributed by atoms with Gasteiger partial charge in [-0.25, -0.2) is 4.98 Å². The Morgan fingerprint density at radius 1 is 1.21 bits per heavy atom. The largest absolute Gasteiger partial charge is 0.507 e. The van der Waals surface area contributed by atoms with Gasteiger partial charge in [0.2, 0.25) is 0 Å². The fourth-order valence-corrected chi connectivity index (χ4v) is 1.97. The van der Waals surface area contributed by atoms with E-state index in [4.69, 9.17) is 5.73 Å². The first-order valence-corrected chi connectivity index (χ1v) is 5.73. The minimum absolute atomic E-state index is 0.0814. The van der Waals surface area contributed by atoms with E-state index in [0.29, 0.717) is 11.4 Å². The SMILES string of the molecule is NC(=O)c1cc(-c2nc3ccccc3[nH]2)ccc1O. The monoisotopic (exact) mass is 253 g/mol. The number of carbonyl (C=O) groups is 1. The molecule has 0 saturated heterocycles. The van der Waals surface area contributed by atoms with Gasteiger partial charge in [0.25, 0.3) is 5.91 Å². The van der Waals surface area contributed by atoms with Gasteiger partial charge < -0.3 is 15.8 Å². The van der Waals surface area contributed by atoms with Crippen LogP contribution in [0.25, 0.3) is 22.4 Å². The summed E-state index contributed by atoms with van der Waals surface area (Å²) in [5.41, 5.74) is 7.73. The van der Waals surface area contributed by atoms with Gasteiger partial charge in [-0.05, 0) is 30.3 Å². The number of nitrogens with zero attached hydrogens (tertiary/aromatic N) is 1. The first kappa shape index (κ1) is 11.3. The molecule has 4 N–H and O–H groups in total. The van der Waals surface area contributed by atoms with Crippen molar-refractivity contribution in [3.63, 3.8) is 0 Å². The summed E-state index contributed by atoms with van der Waals surface area (Å²) in [5.74, 6) is -0.175. The molecule has 0 saturated carbocycles. The van der Waals surface area contributed by atoms with Crippen LogP contribution < -0.4 is 5.73 Å². The van der Waals surface area contributed by atoms with Crippen molar-refractivity contribution in [2.24, 2.45) is 5.73 Å². The van der Waals surface area contributed by atoms with E-state index in [9.17, 15) is 9.90 Å². The van der Waals surface area contributed by atoms with Crippen molar-refractivity contribution in [3.05, 3.63) is 48.0 Å². The first-order chi connectivity index (χ1) is 9.15. The summed E-state index contributed by atoms with van der Waals surface area (Å²) >= 11 is 0. The highest BCUT2D eigenvalue weighted by atomic mass is 16.3. The molecule has 0 bridgehead atoms. The topological polar surface area (TPSA) is 92.0 Å². The Kier molecular flexibility index (Phi) is 2.45. The van der Waals surface area contributed by atoms with Crippen molar-refractivity contribution in [1.29, 1.82) is 0 Å². The summed E-state index contributed by atoms with van der Waals surface area (Å²) in [4.78, 5) is 18.8. The summed E-state index contributed by atoms with van der Waals surface area (Å²) in [5, 5.41) is 9.56. The van der Waals surface area contributed by atoms with Gasteiger partial charge in [0.05, 0.1) is 16.6 Å². The third-order valence-electron chi connectivity index (χ3n) is 2.92. The minimum Gasteiger partial charge on any atom is -0.507 e. The minimum atomic E-state index is -0.671. The van der Waals surface area contributed by atoms with E-state index in [1.165, 1.54) is 12.1 Å². The maximum atomic E-state index is 11.2. The summed E-state index contributed by atoms with van der Waals surface area (Å²) in [6, 6.07) is 12.3. The number of rotatable bonds is 2. The van der Waals surface area contributed by atoms with Gasteiger partial charge in [-0.3, -0.25) is 4.79 Å². The molecule has 19 heavy (non-hydrogen) atoms. The van der Waals surface area contributed by atoms with Crippen LogP contribution in [0.1, 0.15) is 10.4 Å². The summed E-state index contributed by atoms with van der Waals surface area (Å²) in [6.45, 7) is 0. The molecule has 5 heteroatoms.